The van der Waals surface area contributed by atoms with Gasteiger partial charge in [-0.3, -0.25) is 9.89 Å². The number of carbonyl (C=O) groups excluding carboxylic acids is 1. The first-order valence-corrected chi connectivity index (χ1v) is 9.46. The number of amides is 1. The van der Waals surface area contributed by atoms with Gasteiger partial charge in [0.25, 0.3) is 0 Å². The zero-order valence-electron chi connectivity index (χ0n) is 16.1. The van der Waals surface area contributed by atoms with Crippen LogP contribution in [0.5, 0.6) is 0 Å². The van der Waals surface area contributed by atoms with Crippen LogP contribution >= 0.6 is 0 Å². The van der Waals surface area contributed by atoms with Gasteiger partial charge >= 0.3 is 0 Å². The summed E-state index contributed by atoms with van der Waals surface area (Å²) in [5.74, 6) is -0.0841. The van der Waals surface area contributed by atoms with Crippen molar-refractivity contribution in [1.29, 1.82) is 0 Å². The second-order valence-corrected chi connectivity index (χ2v) is 8.22. The van der Waals surface area contributed by atoms with E-state index in [-0.39, 0.29) is 19.1 Å². The molecular formula is C21H26N4O2. The van der Waals surface area contributed by atoms with E-state index in [2.05, 4.69) is 35.1 Å². The van der Waals surface area contributed by atoms with Gasteiger partial charge in [0.15, 0.2) is 0 Å². The molecule has 3 aromatic rings. The van der Waals surface area contributed by atoms with E-state index < -0.39 is 0 Å². The predicted octanol–water partition coefficient (Wildman–Crippen LogP) is 3.42. The number of aromatic amines is 2. The van der Waals surface area contributed by atoms with Crippen LogP contribution in [-0.4, -0.2) is 39.3 Å². The summed E-state index contributed by atoms with van der Waals surface area (Å²) < 4.78 is 0. The van der Waals surface area contributed by atoms with Crippen LogP contribution in [0.25, 0.3) is 22.3 Å². The number of aliphatic hydroxyl groups excluding tert-OH is 1. The largest absolute Gasteiger partial charge is 0.395 e. The van der Waals surface area contributed by atoms with Crippen molar-refractivity contribution in [1.82, 2.24) is 15.2 Å². The highest BCUT2D eigenvalue weighted by atomic mass is 16.3. The third-order valence-electron chi connectivity index (χ3n) is 5.54. The van der Waals surface area contributed by atoms with Crippen LogP contribution in [0.2, 0.25) is 0 Å². The van der Waals surface area contributed by atoms with Crippen LogP contribution in [-0.2, 0) is 17.6 Å². The number of H-pyrrole nitrogens is 2. The number of fused-ring (bicyclic) bond motifs is 2. The molecule has 27 heavy (non-hydrogen) atoms. The number of benzene rings is 1. The molecule has 1 aliphatic carbocycles. The van der Waals surface area contributed by atoms with Crippen molar-refractivity contribution in [2.75, 3.05) is 18.1 Å². The zero-order chi connectivity index (χ0) is 19.2. The molecule has 0 fully saturated rings. The lowest BCUT2D eigenvalue weighted by Gasteiger charge is -2.28. The number of anilines is 1. The smallest absolute Gasteiger partial charge is 0.223 e. The van der Waals surface area contributed by atoms with E-state index in [0.717, 1.165) is 47.2 Å². The highest BCUT2D eigenvalue weighted by molar-refractivity contribution is 5.95. The minimum Gasteiger partial charge on any atom is -0.395 e. The number of aliphatic hydroxyl groups is 1. The van der Waals surface area contributed by atoms with Crippen molar-refractivity contribution >= 4 is 22.5 Å². The molecule has 0 aliphatic heterocycles. The van der Waals surface area contributed by atoms with Gasteiger partial charge in [0.2, 0.25) is 5.91 Å². The Hall–Kier alpha value is -2.60. The molecule has 0 spiro atoms. The molecule has 0 saturated heterocycles. The van der Waals surface area contributed by atoms with Crippen molar-refractivity contribution in [2.45, 2.75) is 40.0 Å². The lowest BCUT2D eigenvalue weighted by atomic mass is 9.76. The van der Waals surface area contributed by atoms with E-state index in [1.54, 1.807) is 4.90 Å². The Bertz CT molecular complexity index is 999. The molecule has 6 nitrogen and oxygen atoms in total. The fourth-order valence-corrected chi connectivity index (χ4v) is 4.05. The molecule has 0 atom stereocenters. The Balaban J connectivity index is 1.71. The van der Waals surface area contributed by atoms with Gasteiger partial charge in [-0.1, -0.05) is 19.9 Å². The van der Waals surface area contributed by atoms with Crippen molar-refractivity contribution in [2.24, 2.45) is 5.41 Å². The summed E-state index contributed by atoms with van der Waals surface area (Å²) in [4.78, 5) is 16.9. The van der Waals surface area contributed by atoms with E-state index in [1.165, 1.54) is 18.2 Å². The molecule has 0 bridgehead atoms. The summed E-state index contributed by atoms with van der Waals surface area (Å²) in [5, 5.41) is 18.1. The van der Waals surface area contributed by atoms with E-state index in [1.807, 2.05) is 18.2 Å². The van der Waals surface area contributed by atoms with Gasteiger partial charge in [-0.2, -0.15) is 5.10 Å². The summed E-state index contributed by atoms with van der Waals surface area (Å²) >= 11 is 0. The number of hydrogen-bond acceptors (Lipinski definition) is 3. The third-order valence-corrected chi connectivity index (χ3v) is 5.54. The molecule has 1 aliphatic rings. The van der Waals surface area contributed by atoms with Crippen LogP contribution in [0.3, 0.4) is 0 Å². The lowest BCUT2D eigenvalue weighted by molar-refractivity contribution is -0.116. The summed E-state index contributed by atoms with van der Waals surface area (Å²) in [6.07, 6.45) is 3.21. The SMILES string of the molecule is CC(=O)N(CCO)c1ccc2cc(-c3n[nH]c4c3CCC(C)(C)C4)[nH]c2c1. The molecule has 0 saturated carbocycles. The molecule has 4 rings (SSSR count). The molecule has 1 amide bonds. The number of nitrogens with zero attached hydrogens (tertiary/aromatic N) is 2. The number of aromatic nitrogens is 3. The van der Waals surface area contributed by atoms with Gasteiger partial charge in [0.1, 0.15) is 5.69 Å². The predicted molar refractivity (Wildman–Crippen MR) is 107 cm³/mol. The summed E-state index contributed by atoms with van der Waals surface area (Å²) in [5.41, 5.74) is 6.60. The van der Waals surface area contributed by atoms with Crippen molar-refractivity contribution in [3.05, 3.63) is 35.5 Å². The molecule has 3 N–H and O–H groups in total. The second kappa shape index (κ2) is 6.53. The fourth-order valence-electron chi connectivity index (χ4n) is 4.05. The molecule has 142 valence electrons. The maximum absolute atomic E-state index is 11.9. The van der Waals surface area contributed by atoms with Gasteiger partial charge < -0.3 is 15.0 Å². The first kappa shape index (κ1) is 17.8. The van der Waals surface area contributed by atoms with Gasteiger partial charge in [-0.25, -0.2) is 0 Å². The fraction of sp³-hybridized carbons (Fsp3) is 0.429. The summed E-state index contributed by atoms with van der Waals surface area (Å²) in [6.45, 7) is 6.33. The molecule has 2 aromatic heterocycles. The Labute approximate surface area is 158 Å². The second-order valence-electron chi connectivity index (χ2n) is 8.22. The number of nitrogens with one attached hydrogen (secondary N) is 2. The topological polar surface area (TPSA) is 85.0 Å². The highest BCUT2D eigenvalue weighted by Gasteiger charge is 2.29. The van der Waals surface area contributed by atoms with Crippen molar-refractivity contribution in [3.63, 3.8) is 0 Å². The monoisotopic (exact) mass is 366 g/mol. The van der Waals surface area contributed by atoms with E-state index in [0.29, 0.717) is 5.41 Å². The van der Waals surface area contributed by atoms with Gasteiger partial charge in [-0.15, -0.1) is 0 Å². The molecular weight excluding hydrogens is 340 g/mol. The lowest BCUT2D eigenvalue weighted by Crippen LogP contribution is -2.31. The average molecular weight is 366 g/mol. The Morgan fingerprint density at radius 2 is 2.15 bits per heavy atom. The van der Waals surface area contributed by atoms with Gasteiger partial charge in [0, 0.05) is 41.3 Å². The maximum Gasteiger partial charge on any atom is 0.223 e. The molecule has 0 radical (unpaired) electrons. The van der Waals surface area contributed by atoms with Crippen LogP contribution in [0.4, 0.5) is 5.69 Å². The molecule has 2 heterocycles. The van der Waals surface area contributed by atoms with E-state index in [4.69, 9.17) is 0 Å². The first-order chi connectivity index (χ1) is 12.9. The van der Waals surface area contributed by atoms with Crippen molar-refractivity contribution in [3.8, 4) is 11.4 Å². The third kappa shape index (κ3) is 3.25. The van der Waals surface area contributed by atoms with Crippen molar-refractivity contribution < 1.29 is 9.90 Å². The van der Waals surface area contributed by atoms with Crippen LogP contribution in [0.15, 0.2) is 24.3 Å². The van der Waals surface area contributed by atoms with E-state index >= 15 is 0 Å². The number of hydrogen-bond donors (Lipinski definition) is 3. The first-order valence-electron chi connectivity index (χ1n) is 9.46. The minimum atomic E-state index is -0.0841. The Morgan fingerprint density at radius 1 is 1.33 bits per heavy atom. The minimum absolute atomic E-state index is 0.0661. The summed E-state index contributed by atoms with van der Waals surface area (Å²) in [7, 11) is 0. The van der Waals surface area contributed by atoms with Gasteiger partial charge in [0.05, 0.1) is 12.3 Å². The summed E-state index contributed by atoms with van der Waals surface area (Å²) in [6, 6.07) is 7.98. The molecule has 1 aromatic carbocycles. The van der Waals surface area contributed by atoms with Gasteiger partial charge in [-0.05, 0) is 42.9 Å². The molecule has 6 heteroatoms. The number of rotatable bonds is 4. The maximum atomic E-state index is 11.9. The van der Waals surface area contributed by atoms with Crippen LogP contribution < -0.4 is 4.90 Å². The van der Waals surface area contributed by atoms with Crippen LogP contribution in [0, 0.1) is 5.41 Å². The number of carbonyl (C=O) groups is 1. The normalized spacial score (nSPS) is 15.7. The Kier molecular flexibility index (Phi) is 4.30. The zero-order valence-corrected chi connectivity index (χ0v) is 16.1. The average Bonchev–Trinajstić information content (AvgIpc) is 3.20. The van der Waals surface area contributed by atoms with E-state index in [9.17, 15) is 9.90 Å². The quantitative estimate of drug-likeness (QED) is 0.661. The van der Waals surface area contributed by atoms with Crippen LogP contribution in [0.1, 0.15) is 38.4 Å². The highest BCUT2D eigenvalue weighted by Crippen LogP contribution is 2.38. The molecule has 0 unspecified atom stereocenters. The standard InChI is InChI=1S/C21H26N4O2/c1-13(27)25(8-9-26)15-5-4-14-10-18(22-17(14)11-15)20-16-6-7-21(2,3)12-19(16)23-24-20/h4-5,10-11,22,26H,6-9,12H2,1-3H3,(H,23,24). The Morgan fingerprint density at radius 3 is 2.89 bits per heavy atom.